The highest BCUT2D eigenvalue weighted by Crippen LogP contribution is 2.46. The zero-order valence-electron chi connectivity index (χ0n) is 34.3. The second-order valence-electron chi connectivity index (χ2n) is 17.3. The zero-order valence-corrected chi connectivity index (χ0v) is 35.1. The Kier molecular flexibility index (Phi) is 11.9. The van der Waals surface area contributed by atoms with E-state index < -0.39 is 58.7 Å². The number of alkyl halides is 3. The monoisotopic (exact) mass is 875 g/mol. The number of carbonyl (C=O) groups excluding carboxylic acids is 5. The number of aromatic hydroxyl groups is 1. The van der Waals surface area contributed by atoms with Crippen LogP contribution < -0.4 is 16.0 Å². The van der Waals surface area contributed by atoms with Crippen molar-refractivity contribution in [2.45, 2.75) is 95.4 Å². The van der Waals surface area contributed by atoms with Crippen LogP contribution in [0.5, 0.6) is 5.75 Å². The molecular weight excluding hydrogens is 828 g/mol. The fourth-order valence-corrected chi connectivity index (χ4v) is 10.5. The van der Waals surface area contributed by atoms with Crippen molar-refractivity contribution in [3.05, 3.63) is 75.6 Å². The Morgan fingerprint density at radius 2 is 1.65 bits per heavy atom. The summed E-state index contributed by atoms with van der Waals surface area (Å²) < 4.78 is 40.4. The van der Waals surface area contributed by atoms with Crippen molar-refractivity contribution in [1.29, 1.82) is 0 Å². The third-order valence-corrected chi connectivity index (χ3v) is 13.7. The summed E-state index contributed by atoms with van der Waals surface area (Å²) in [4.78, 5) is 75.7. The van der Waals surface area contributed by atoms with Gasteiger partial charge in [0.2, 0.25) is 11.8 Å². The van der Waals surface area contributed by atoms with Gasteiger partial charge in [-0.3, -0.25) is 34.2 Å². The SMILES string of the molecule is CC(C)(O)c1c(NC(=O)c2cccc(C(F)(F)F)n2)cc2sc([C@H]3CC[C@H](CN4CCC(CCNc5cccc6c5C(=O)N(C5CCC(=O)NC5=O)C6=O)CC4)CC3)nc2c1O. The van der Waals surface area contributed by atoms with E-state index in [-0.39, 0.29) is 46.9 Å². The number of imide groups is 2. The van der Waals surface area contributed by atoms with E-state index in [4.69, 9.17) is 4.98 Å². The first-order valence-corrected chi connectivity index (χ1v) is 21.8. The number of benzene rings is 2. The number of likely N-dealkylation sites (tertiary alicyclic amines) is 1. The van der Waals surface area contributed by atoms with Crippen molar-refractivity contribution < 1.29 is 47.4 Å². The molecule has 1 aliphatic carbocycles. The predicted octanol–water partition coefficient (Wildman–Crippen LogP) is 6.78. The molecule has 14 nitrogen and oxygen atoms in total. The number of anilines is 2. The molecule has 8 rings (SSSR count). The normalized spacial score (nSPS) is 21.6. The van der Waals surface area contributed by atoms with Gasteiger partial charge in [0.25, 0.3) is 17.7 Å². The maximum atomic E-state index is 13.4. The molecule has 5 N–H and O–H groups in total. The number of pyridine rings is 1. The molecule has 18 heteroatoms. The number of rotatable bonds is 11. The van der Waals surface area contributed by atoms with Gasteiger partial charge in [0.1, 0.15) is 22.9 Å². The Balaban J connectivity index is 0.824. The summed E-state index contributed by atoms with van der Waals surface area (Å²) in [7, 11) is 0. The molecule has 4 aliphatic rings. The molecule has 0 bridgehead atoms. The Morgan fingerprint density at radius 1 is 0.919 bits per heavy atom. The lowest BCUT2D eigenvalue weighted by Gasteiger charge is -2.36. The smallest absolute Gasteiger partial charge is 0.433 e. The van der Waals surface area contributed by atoms with E-state index in [9.17, 15) is 47.4 Å². The van der Waals surface area contributed by atoms with Gasteiger partial charge in [-0.15, -0.1) is 11.3 Å². The highest BCUT2D eigenvalue weighted by Gasteiger charge is 2.46. The van der Waals surface area contributed by atoms with Crippen LogP contribution in [0.2, 0.25) is 0 Å². The van der Waals surface area contributed by atoms with Gasteiger partial charge in [0.05, 0.1) is 37.7 Å². The minimum Gasteiger partial charge on any atom is -0.505 e. The third-order valence-electron chi connectivity index (χ3n) is 12.6. The Hall–Kier alpha value is -5.46. The van der Waals surface area contributed by atoms with Gasteiger partial charge in [-0.25, -0.2) is 9.97 Å². The number of thiazole rings is 1. The molecule has 2 aromatic carbocycles. The van der Waals surface area contributed by atoms with Gasteiger partial charge < -0.3 is 25.7 Å². The van der Waals surface area contributed by atoms with E-state index in [1.807, 2.05) is 0 Å². The Bertz CT molecular complexity index is 2430. The summed E-state index contributed by atoms with van der Waals surface area (Å²) in [6.07, 6.45) is 2.28. The largest absolute Gasteiger partial charge is 0.505 e. The van der Waals surface area contributed by atoms with E-state index in [0.29, 0.717) is 34.3 Å². The van der Waals surface area contributed by atoms with Crippen molar-refractivity contribution in [3.63, 3.8) is 0 Å². The lowest BCUT2D eigenvalue weighted by Crippen LogP contribution is -2.54. The summed E-state index contributed by atoms with van der Waals surface area (Å²) in [5.41, 5.74) is -1.87. The maximum absolute atomic E-state index is 13.4. The molecule has 62 heavy (non-hydrogen) atoms. The molecule has 5 amide bonds. The highest BCUT2D eigenvalue weighted by molar-refractivity contribution is 7.18. The van der Waals surface area contributed by atoms with Crippen LogP contribution in [-0.4, -0.2) is 91.7 Å². The van der Waals surface area contributed by atoms with Crippen LogP contribution in [0.25, 0.3) is 10.2 Å². The minimum absolute atomic E-state index is 0.000422. The summed E-state index contributed by atoms with van der Waals surface area (Å²) in [6, 6.07) is 8.69. The van der Waals surface area contributed by atoms with Crippen molar-refractivity contribution in [3.8, 4) is 5.75 Å². The van der Waals surface area contributed by atoms with Crippen molar-refractivity contribution >= 4 is 62.5 Å². The van der Waals surface area contributed by atoms with Gasteiger partial charge in [-0.1, -0.05) is 12.1 Å². The van der Waals surface area contributed by atoms with Crippen LogP contribution in [0, 0.1) is 11.8 Å². The third kappa shape index (κ3) is 8.77. The zero-order chi connectivity index (χ0) is 44.1. The maximum Gasteiger partial charge on any atom is 0.433 e. The van der Waals surface area contributed by atoms with Crippen molar-refractivity contribution in [2.24, 2.45) is 11.8 Å². The minimum atomic E-state index is -4.74. The molecule has 0 radical (unpaired) electrons. The second kappa shape index (κ2) is 17.0. The summed E-state index contributed by atoms with van der Waals surface area (Å²) in [5.74, 6) is -2.13. The molecular formula is C44H48F3N7O7S. The summed E-state index contributed by atoms with van der Waals surface area (Å²) in [5, 5.41) is 31.4. The lowest BCUT2D eigenvalue weighted by molar-refractivity contribution is -0.141. The fraction of sp³-hybridized carbons (Fsp3) is 0.477. The number of phenolic OH excluding ortho intramolecular Hbond substituents is 1. The van der Waals surface area contributed by atoms with E-state index in [2.05, 4.69) is 25.8 Å². The molecule has 2 saturated heterocycles. The number of fused-ring (bicyclic) bond motifs is 2. The average Bonchev–Trinajstić information content (AvgIpc) is 3.77. The number of hydrogen-bond donors (Lipinski definition) is 5. The van der Waals surface area contributed by atoms with Gasteiger partial charge in [0, 0.05) is 31.1 Å². The van der Waals surface area contributed by atoms with E-state index in [1.165, 1.54) is 25.2 Å². The molecule has 1 atom stereocenters. The van der Waals surface area contributed by atoms with Crippen LogP contribution in [0.15, 0.2) is 42.5 Å². The topological polar surface area (TPSA) is 194 Å². The number of nitrogens with one attached hydrogen (secondary N) is 3. The second-order valence-corrected chi connectivity index (χ2v) is 18.4. The van der Waals surface area contributed by atoms with Gasteiger partial charge in [-0.05, 0) is 120 Å². The molecule has 1 saturated carbocycles. The number of aromatic nitrogens is 2. The van der Waals surface area contributed by atoms with Crippen molar-refractivity contribution in [1.82, 2.24) is 25.1 Å². The van der Waals surface area contributed by atoms with E-state index in [1.54, 1.807) is 24.3 Å². The number of hydrogen-bond acceptors (Lipinski definition) is 12. The number of aliphatic hydroxyl groups is 1. The Morgan fingerprint density at radius 3 is 2.34 bits per heavy atom. The predicted molar refractivity (Wildman–Crippen MR) is 224 cm³/mol. The Labute approximate surface area is 359 Å². The number of amides is 5. The van der Waals surface area contributed by atoms with Gasteiger partial charge >= 0.3 is 6.18 Å². The van der Waals surface area contributed by atoms with Crippen molar-refractivity contribution in [2.75, 3.05) is 36.8 Å². The summed E-state index contributed by atoms with van der Waals surface area (Å²) in [6.45, 7) is 6.49. The molecule has 328 valence electrons. The highest BCUT2D eigenvalue weighted by atomic mass is 32.1. The van der Waals surface area contributed by atoms with Crippen LogP contribution in [0.1, 0.15) is 125 Å². The molecule has 3 fully saturated rings. The average molecular weight is 876 g/mol. The van der Waals surface area contributed by atoms with Gasteiger partial charge in [-0.2, -0.15) is 13.2 Å². The number of piperidine rings is 2. The van der Waals surface area contributed by atoms with Crippen LogP contribution >= 0.6 is 11.3 Å². The molecule has 4 aromatic rings. The first kappa shape index (κ1) is 43.2. The lowest BCUT2D eigenvalue weighted by atomic mass is 9.81. The van der Waals surface area contributed by atoms with E-state index >= 15 is 0 Å². The number of nitrogens with zero attached hydrogens (tertiary/aromatic N) is 4. The molecule has 5 heterocycles. The molecule has 1 unspecified atom stereocenters. The summed E-state index contributed by atoms with van der Waals surface area (Å²) >= 11 is 1.39. The standard InChI is InChI=1S/C44H48F3N7O7S/c1-43(2,61)35-29(50-38(57)28-7-4-8-32(49-28)44(45,46)47)21-31-36(37(35)56)52-40(62-31)25-11-9-24(10-12-25)22-53-19-16-23(17-20-53)15-18-48-27-6-3-5-26-34(27)42(60)54(41(26)59)30-13-14-33(55)51-39(30)58/h3-8,21,23-25,30,48,56,61H,9-20,22H2,1-2H3,(H,50,57)(H,51,55,58)/t24-,25-,30?. The molecule has 2 aromatic heterocycles. The molecule has 3 aliphatic heterocycles. The van der Waals surface area contributed by atoms with Gasteiger partial charge in [0.15, 0.2) is 5.75 Å². The number of phenols is 1. The fourth-order valence-electron chi connectivity index (χ4n) is 9.35. The number of halogens is 3. The first-order chi connectivity index (χ1) is 29.5. The van der Waals surface area contributed by atoms with E-state index in [0.717, 1.165) is 92.7 Å². The van der Waals surface area contributed by atoms with Crippen LogP contribution in [0.4, 0.5) is 24.5 Å². The van der Waals surface area contributed by atoms with Crippen LogP contribution in [-0.2, 0) is 21.4 Å². The quantitative estimate of drug-likeness (QED) is 0.0997. The number of carbonyl (C=O) groups is 5. The first-order valence-electron chi connectivity index (χ1n) is 21.0. The molecule has 0 spiro atoms. The van der Waals surface area contributed by atoms with Crippen LogP contribution in [0.3, 0.4) is 0 Å².